The second-order valence-electron chi connectivity index (χ2n) is 5.88. The van der Waals surface area contributed by atoms with Crippen LogP contribution in [0.25, 0.3) is 0 Å². The quantitative estimate of drug-likeness (QED) is 0.656. The van der Waals surface area contributed by atoms with Crippen LogP contribution in [0.2, 0.25) is 0 Å². The fourth-order valence-corrected chi connectivity index (χ4v) is 4.22. The number of likely N-dealkylation sites (tertiary alicyclic amines) is 1. The molecular formula is C14H16Cl3N3O2. The first-order chi connectivity index (χ1) is 10.4. The monoisotopic (exact) mass is 363 g/mol. The van der Waals surface area contributed by atoms with Gasteiger partial charge in [0.1, 0.15) is 6.17 Å². The van der Waals surface area contributed by atoms with E-state index in [1.54, 1.807) is 12.1 Å². The predicted octanol–water partition coefficient (Wildman–Crippen LogP) is 1.71. The fraction of sp³-hybridized carbons (Fsp3) is 0.571. The van der Waals surface area contributed by atoms with E-state index in [9.17, 15) is 9.59 Å². The average molecular weight is 365 g/mol. The van der Waals surface area contributed by atoms with Crippen LogP contribution < -0.4 is 10.9 Å². The highest BCUT2D eigenvalue weighted by Gasteiger charge is 2.43. The van der Waals surface area contributed by atoms with Gasteiger partial charge in [0.15, 0.2) is 0 Å². The summed E-state index contributed by atoms with van der Waals surface area (Å²) in [7, 11) is 0. The largest absolute Gasteiger partial charge is 0.339 e. The van der Waals surface area contributed by atoms with E-state index < -0.39 is 9.96 Å². The molecule has 5 nitrogen and oxygen atoms in total. The number of alkyl halides is 3. The Morgan fingerprint density at radius 1 is 1.27 bits per heavy atom. The molecule has 3 atom stereocenters. The maximum Gasteiger partial charge on any atom is 0.250 e. The van der Waals surface area contributed by atoms with Gasteiger partial charge in [0, 0.05) is 37.3 Å². The number of piperidine rings is 1. The number of amides is 1. The Labute approximate surface area is 143 Å². The molecule has 0 spiro atoms. The number of hydrogen-bond acceptors (Lipinski definition) is 3. The minimum Gasteiger partial charge on any atom is -0.339 e. The molecule has 0 saturated carbocycles. The first kappa shape index (κ1) is 16.1. The number of hydrogen-bond donors (Lipinski definition) is 1. The van der Waals surface area contributed by atoms with E-state index in [2.05, 4.69) is 5.32 Å². The normalized spacial score (nSPS) is 26.1. The minimum absolute atomic E-state index is 0.0320. The fourth-order valence-electron chi connectivity index (χ4n) is 3.62. The van der Waals surface area contributed by atoms with Gasteiger partial charge in [0.2, 0.25) is 10.2 Å². The van der Waals surface area contributed by atoms with Crippen LogP contribution in [0, 0.1) is 5.92 Å². The Hall–Kier alpha value is -0.750. The number of rotatable bonds is 3. The van der Waals surface area contributed by atoms with E-state index in [-0.39, 0.29) is 11.5 Å². The van der Waals surface area contributed by atoms with E-state index >= 15 is 0 Å². The van der Waals surface area contributed by atoms with Crippen molar-refractivity contribution < 1.29 is 4.79 Å². The SMILES string of the molecule is O=CNC(N1C[C@@H]2C[C@@H](C1)c1cccc(=O)n1C2)C(Cl)(Cl)Cl. The van der Waals surface area contributed by atoms with Crippen molar-refractivity contribution in [1.29, 1.82) is 0 Å². The molecule has 8 heteroatoms. The molecule has 1 fully saturated rings. The number of nitrogens with one attached hydrogen (secondary N) is 1. The molecule has 1 aromatic heterocycles. The van der Waals surface area contributed by atoms with E-state index in [4.69, 9.17) is 34.8 Å². The van der Waals surface area contributed by atoms with Gasteiger partial charge in [-0.1, -0.05) is 40.9 Å². The zero-order valence-electron chi connectivity index (χ0n) is 11.7. The second kappa shape index (κ2) is 6.04. The molecule has 1 aromatic rings. The lowest BCUT2D eigenvalue weighted by Gasteiger charge is -2.46. The zero-order valence-corrected chi connectivity index (χ0v) is 14.0. The highest BCUT2D eigenvalue weighted by atomic mass is 35.6. The minimum atomic E-state index is -1.61. The third-order valence-corrected chi connectivity index (χ3v) is 5.03. The number of aromatic nitrogens is 1. The highest BCUT2D eigenvalue weighted by Crippen LogP contribution is 2.39. The first-order valence-electron chi connectivity index (χ1n) is 7.10. The van der Waals surface area contributed by atoms with E-state index in [0.29, 0.717) is 32.0 Å². The molecule has 3 rings (SSSR count). The predicted molar refractivity (Wildman–Crippen MR) is 86.4 cm³/mol. The van der Waals surface area contributed by atoms with Gasteiger partial charge >= 0.3 is 0 Å². The highest BCUT2D eigenvalue weighted by molar-refractivity contribution is 6.68. The van der Waals surface area contributed by atoms with Crippen molar-refractivity contribution in [2.45, 2.75) is 28.8 Å². The lowest BCUT2D eigenvalue weighted by molar-refractivity contribution is -0.111. The Morgan fingerprint density at radius 2 is 2.05 bits per heavy atom. The summed E-state index contributed by atoms with van der Waals surface area (Å²) in [6.45, 7) is 1.98. The van der Waals surface area contributed by atoms with Crippen molar-refractivity contribution in [1.82, 2.24) is 14.8 Å². The number of carbonyl (C=O) groups is 1. The molecular weight excluding hydrogens is 349 g/mol. The van der Waals surface area contributed by atoms with Crippen molar-refractivity contribution in [2.75, 3.05) is 13.1 Å². The van der Waals surface area contributed by atoms with E-state index in [1.165, 1.54) is 0 Å². The van der Waals surface area contributed by atoms with Gasteiger partial charge in [-0.05, 0) is 18.4 Å². The van der Waals surface area contributed by atoms with Crippen LogP contribution in [-0.2, 0) is 11.3 Å². The molecule has 3 heterocycles. The number of fused-ring (bicyclic) bond motifs is 4. The number of halogens is 3. The third kappa shape index (κ3) is 3.00. The van der Waals surface area contributed by atoms with E-state index in [0.717, 1.165) is 12.1 Å². The number of pyridine rings is 1. The van der Waals surface area contributed by atoms with Gasteiger partial charge in [-0.15, -0.1) is 0 Å². The molecule has 2 aliphatic rings. The van der Waals surface area contributed by atoms with Crippen LogP contribution in [0.5, 0.6) is 0 Å². The van der Waals surface area contributed by atoms with Crippen molar-refractivity contribution in [2.24, 2.45) is 5.92 Å². The maximum atomic E-state index is 12.0. The summed E-state index contributed by atoms with van der Waals surface area (Å²) in [4.78, 5) is 24.8. The van der Waals surface area contributed by atoms with Gasteiger partial charge in [0.25, 0.3) is 5.56 Å². The summed E-state index contributed by atoms with van der Waals surface area (Å²) in [5.74, 6) is 0.499. The van der Waals surface area contributed by atoms with Gasteiger partial charge in [0.05, 0.1) is 0 Å². The molecule has 1 saturated heterocycles. The van der Waals surface area contributed by atoms with Crippen LogP contribution in [0.3, 0.4) is 0 Å². The molecule has 120 valence electrons. The van der Waals surface area contributed by atoms with Crippen LogP contribution in [0.15, 0.2) is 23.0 Å². The summed E-state index contributed by atoms with van der Waals surface area (Å²) < 4.78 is 0.233. The summed E-state index contributed by atoms with van der Waals surface area (Å²) in [5, 5.41) is 2.60. The Bertz CT molecular complexity index is 628. The Kier molecular flexibility index (Phi) is 4.42. The maximum absolute atomic E-state index is 12.0. The van der Waals surface area contributed by atoms with Crippen LogP contribution >= 0.6 is 34.8 Å². The van der Waals surface area contributed by atoms with E-state index in [1.807, 2.05) is 15.5 Å². The van der Waals surface area contributed by atoms with Gasteiger partial charge in [-0.3, -0.25) is 14.5 Å². The summed E-state index contributed by atoms with van der Waals surface area (Å²) in [5.41, 5.74) is 1.05. The van der Waals surface area contributed by atoms with Crippen LogP contribution in [-0.4, -0.2) is 38.9 Å². The Balaban J connectivity index is 1.89. The summed E-state index contributed by atoms with van der Waals surface area (Å²) >= 11 is 18.0. The van der Waals surface area contributed by atoms with Crippen molar-refractivity contribution in [3.63, 3.8) is 0 Å². The van der Waals surface area contributed by atoms with Gasteiger partial charge < -0.3 is 9.88 Å². The van der Waals surface area contributed by atoms with Crippen molar-refractivity contribution in [3.8, 4) is 0 Å². The van der Waals surface area contributed by atoms with Crippen molar-refractivity contribution >= 4 is 41.2 Å². The molecule has 1 amide bonds. The first-order valence-corrected chi connectivity index (χ1v) is 8.23. The molecule has 2 aliphatic heterocycles. The topological polar surface area (TPSA) is 54.3 Å². The smallest absolute Gasteiger partial charge is 0.250 e. The molecule has 22 heavy (non-hydrogen) atoms. The molecule has 2 bridgehead atoms. The molecule has 0 radical (unpaired) electrons. The lowest BCUT2D eigenvalue weighted by atomic mass is 9.83. The van der Waals surface area contributed by atoms with Crippen molar-refractivity contribution in [3.05, 3.63) is 34.2 Å². The number of carbonyl (C=O) groups excluding carboxylic acids is 1. The molecule has 0 aliphatic carbocycles. The Morgan fingerprint density at radius 3 is 2.73 bits per heavy atom. The lowest BCUT2D eigenvalue weighted by Crippen LogP contribution is -2.59. The standard InChI is InChI=1S/C14H16Cl3N3O2/c15-14(16,17)13(18-8-21)19-5-9-4-10(7-19)11-2-1-3-12(22)20(11)6-9/h1-3,8-10,13H,4-7H2,(H,18,21)/t9-,10-,13?/m0/s1. The molecule has 0 aromatic carbocycles. The zero-order chi connectivity index (χ0) is 15.9. The van der Waals surface area contributed by atoms with Crippen LogP contribution in [0.1, 0.15) is 18.0 Å². The number of nitrogens with zero attached hydrogens (tertiary/aromatic N) is 2. The molecule has 1 N–H and O–H groups in total. The third-order valence-electron chi connectivity index (χ3n) is 4.41. The summed E-state index contributed by atoms with van der Waals surface area (Å²) in [6.07, 6.45) is 0.880. The molecule has 1 unspecified atom stereocenters. The van der Waals surface area contributed by atoms with Gasteiger partial charge in [-0.2, -0.15) is 0 Å². The second-order valence-corrected chi connectivity index (χ2v) is 8.25. The van der Waals surface area contributed by atoms with Crippen LogP contribution in [0.4, 0.5) is 0 Å². The van der Waals surface area contributed by atoms with Gasteiger partial charge in [-0.25, -0.2) is 0 Å². The summed E-state index contributed by atoms with van der Waals surface area (Å²) in [6, 6.07) is 5.34. The average Bonchev–Trinajstić information content (AvgIpc) is 2.44.